The van der Waals surface area contributed by atoms with Crippen LogP contribution in [0, 0.1) is 5.82 Å². The van der Waals surface area contributed by atoms with Gasteiger partial charge in [-0.2, -0.15) is 0 Å². The van der Waals surface area contributed by atoms with E-state index in [0.717, 1.165) is 19.1 Å². The molecule has 1 aliphatic heterocycles. The Morgan fingerprint density at radius 1 is 1.12 bits per heavy atom. The molecule has 0 aromatic heterocycles. The highest BCUT2D eigenvalue weighted by Gasteiger charge is 2.77. The summed E-state index contributed by atoms with van der Waals surface area (Å²) in [5.41, 5.74) is -6.66. The summed E-state index contributed by atoms with van der Waals surface area (Å²) in [4.78, 5) is 0. The van der Waals surface area contributed by atoms with Crippen molar-refractivity contribution in [1.29, 1.82) is 0 Å². The van der Waals surface area contributed by atoms with Crippen molar-refractivity contribution in [1.82, 2.24) is 0 Å². The van der Waals surface area contributed by atoms with Gasteiger partial charge in [0.15, 0.2) is 11.2 Å². The minimum Gasteiger partial charge on any atom is -0.497 e. The van der Waals surface area contributed by atoms with E-state index in [1.54, 1.807) is 6.07 Å². The topological polar surface area (TPSA) is 140 Å². The summed E-state index contributed by atoms with van der Waals surface area (Å²) in [7, 11) is 1.30. The van der Waals surface area contributed by atoms with Crippen molar-refractivity contribution in [2.24, 2.45) is 0 Å². The molecule has 6 N–H and O–H groups in total. The van der Waals surface area contributed by atoms with Crippen LogP contribution in [0.25, 0.3) is 0 Å². The molecule has 3 rings (SSSR count). The van der Waals surface area contributed by atoms with Gasteiger partial charge >= 0.3 is 0 Å². The van der Waals surface area contributed by atoms with Crippen LogP contribution in [-0.2, 0) is 16.9 Å². The number of aliphatic hydroxyl groups excluding tert-OH is 3. The van der Waals surface area contributed by atoms with Crippen LogP contribution in [0.15, 0.2) is 48.5 Å². The van der Waals surface area contributed by atoms with Gasteiger partial charge in [0.05, 0.1) is 19.8 Å². The molecule has 1 fully saturated rings. The smallest absolute Gasteiger partial charge is 0.271 e. The van der Waals surface area contributed by atoms with Gasteiger partial charge in [-0.05, 0) is 18.6 Å². The normalized spacial score (nSPS) is 36.0. The van der Waals surface area contributed by atoms with Crippen molar-refractivity contribution >= 4 is 0 Å². The van der Waals surface area contributed by atoms with E-state index < -0.39 is 53.9 Å². The molecule has 2 aromatic carbocycles. The zero-order valence-electron chi connectivity index (χ0n) is 17.4. The molecule has 0 aliphatic carbocycles. The Morgan fingerprint density at radius 3 is 2.25 bits per heavy atom. The number of hydrogen-bond donors (Lipinski definition) is 6. The Kier molecular flexibility index (Phi) is 6.35. The van der Waals surface area contributed by atoms with Gasteiger partial charge < -0.3 is 40.1 Å². The van der Waals surface area contributed by atoms with Gasteiger partial charge in [-0.3, -0.25) is 0 Å². The number of hydrogen-bond acceptors (Lipinski definition) is 8. The summed E-state index contributed by atoms with van der Waals surface area (Å²) in [6, 6.07) is 10.2. The van der Waals surface area contributed by atoms with E-state index in [0.29, 0.717) is 0 Å². The maximum atomic E-state index is 15.9. The lowest BCUT2D eigenvalue weighted by atomic mass is 9.67. The van der Waals surface area contributed by atoms with Crippen LogP contribution in [-0.4, -0.2) is 73.6 Å². The average Bonchev–Trinajstić information content (AvgIpc) is 2.77. The molecule has 0 unspecified atom stereocenters. The number of halogens is 2. The molecule has 0 bridgehead atoms. The van der Waals surface area contributed by atoms with E-state index in [2.05, 4.69) is 0 Å². The molecule has 0 radical (unpaired) electrons. The lowest BCUT2D eigenvalue weighted by Crippen LogP contribution is -2.82. The van der Waals surface area contributed by atoms with Crippen LogP contribution in [0.1, 0.15) is 18.1 Å². The van der Waals surface area contributed by atoms with Gasteiger partial charge in [0, 0.05) is 18.1 Å². The summed E-state index contributed by atoms with van der Waals surface area (Å²) in [5, 5.41) is 64.4. The number of alkyl halides is 1. The first-order valence-electron chi connectivity index (χ1n) is 9.80. The lowest BCUT2D eigenvalue weighted by molar-refractivity contribution is -0.481. The predicted molar refractivity (Wildman–Crippen MR) is 107 cm³/mol. The number of rotatable bonds is 6. The molecule has 32 heavy (non-hydrogen) atoms. The van der Waals surface area contributed by atoms with E-state index in [4.69, 9.17) is 9.47 Å². The van der Waals surface area contributed by atoms with Crippen molar-refractivity contribution in [2.75, 3.05) is 13.7 Å². The van der Waals surface area contributed by atoms with Crippen LogP contribution in [0.2, 0.25) is 0 Å². The van der Waals surface area contributed by atoms with E-state index in [-0.39, 0.29) is 16.9 Å². The molecule has 176 valence electrons. The molecule has 1 saturated heterocycles. The van der Waals surface area contributed by atoms with Crippen LogP contribution < -0.4 is 4.74 Å². The van der Waals surface area contributed by atoms with Crippen LogP contribution in [0.5, 0.6) is 5.75 Å². The highest BCUT2D eigenvalue weighted by Crippen LogP contribution is 2.54. The molecular formula is C22H26F2O8. The standard InChI is InChI=1S/C22H26F2O8/c1-13(26)19(12-25)18(27)21(24,29)20(28,11-14-8-9-16(31-2)10-17(14)23)22(30,32-19)15-6-4-3-5-7-15/h3-10,13,18,25-30H,11-12H2,1-2H3/t13-,18+,19+,20+,21-,22+/m0/s1. The minimum atomic E-state index is -4.10. The van der Waals surface area contributed by atoms with Crippen molar-refractivity contribution in [3.63, 3.8) is 0 Å². The summed E-state index contributed by atoms with van der Waals surface area (Å²) < 4.78 is 41.0. The quantitative estimate of drug-likeness (QED) is 0.360. The lowest BCUT2D eigenvalue weighted by Gasteiger charge is -2.60. The zero-order chi connectivity index (χ0) is 23.9. The Labute approximate surface area is 182 Å². The number of aliphatic hydroxyl groups is 6. The third-order valence-corrected chi connectivity index (χ3v) is 6.13. The minimum absolute atomic E-state index is 0.125. The van der Waals surface area contributed by atoms with Crippen molar-refractivity contribution in [3.8, 4) is 5.75 Å². The Balaban J connectivity index is 2.25. The predicted octanol–water partition coefficient (Wildman–Crippen LogP) is 0.114. The van der Waals surface area contributed by atoms with E-state index in [1.807, 2.05) is 0 Å². The van der Waals surface area contributed by atoms with Crippen LogP contribution >= 0.6 is 0 Å². The molecule has 1 heterocycles. The maximum absolute atomic E-state index is 15.9. The second-order valence-electron chi connectivity index (χ2n) is 7.97. The number of benzene rings is 2. The fourth-order valence-corrected chi connectivity index (χ4v) is 4.05. The van der Waals surface area contributed by atoms with Crippen LogP contribution in [0.3, 0.4) is 0 Å². The molecule has 2 aromatic rings. The fourth-order valence-electron chi connectivity index (χ4n) is 4.05. The first kappa shape index (κ1) is 24.5. The summed E-state index contributed by atoms with van der Waals surface area (Å²) in [5.74, 6) is -8.07. The molecule has 10 heteroatoms. The average molecular weight is 456 g/mol. The van der Waals surface area contributed by atoms with Gasteiger partial charge in [-0.1, -0.05) is 36.4 Å². The first-order chi connectivity index (χ1) is 14.9. The number of ether oxygens (including phenoxy) is 2. The molecule has 0 amide bonds. The first-order valence-corrected chi connectivity index (χ1v) is 9.80. The highest BCUT2D eigenvalue weighted by atomic mass is 19.2. The summed E-state index contributed by atoms with van der Waals surface area (Å²) >= 11 is 0. The maximum Gasteiger partial charge on any atom is 0.271 e. The molecule has 6 atom stereocenters. The summed E-state index contributed by atoms with van der Waals surface area (Å²) in [6.45, 7) is -0.200. The van der Waals surface area contributed by atoms with Crippen molar-refractivity contribution in [2.45, 2.75) is 48.4 Å². The third kappa shape index (κ3) is 3.39. The van der Waals surface area contributed by atoms with Gasteiger partial charge in [0.2, 0.25) is 5.79 Å². The van der Waals surface area contributed by atoms with Gasteiger partial charge in [0.1, 0.15) is 17.7 Å². The molecule has 0 saturated carbocycles. The third-order valence-electron chi connectivity index (χ3n) is 6.13. The van der Waals surface area contributed by atoms with Crippen LogP contribution in [0.4, 0.5) is 8.78 Å². The largest absolute Gasteiger partial charge is 0.497 e. The second kappa shape index (κ2) is 8.31. The van der Waals surface area contributed by atoms with E-state index in [9.17, 15) is 35.0 Å². The van der Waals surface area contributed by atoms with E-state index >= 15 is 4.39 Å². The monoisotopic (exact) mass is 456 g/mol. The SMILES string of the molecule is COc1ccc(C[C@]2(O)[C@@](O)(c3ccccc3)O[C@](CO)([C@H](C)O)[C@@H](O)[C@@]2(O)F)c(F)c1. The van der Waals surface area contributed by atoms with E-state index in [1.165, 1.54) is 37.4 Å². The van der Waals surface area contributed by atoms with Gasteiger partial charge in [-0.25, -0.2) is 8.78 Å². The molecule has 1 aliphatic rings. The number of methoxy groups -OCH3 is 1. The summed E-state index contributed by atoms with van der Waals surface area (Å²) in [6.07, 6.45) is -5.63. The molecule has 8 nitrogen and oxygen atoms in total. The Bertz CT molecular complexity index is 956. The van der Waals surface area contributed by atoms with Gasteiger partial charge in [0.25, 0.3) is 5.85 Å². The highest BCUT2D eigenvalue weighted by molar-refractivity contribution is 5.35. The van der Waals surface area contributed by atoms with Crippen molar-refractivity contribution < 1.29 is 48.9 Å². The van der Waals surface area contributed by atoms with Gasteiger partial charge in [-0.15, -0.1) is 0 Å². The fraction of sp³-hybridized carbons (Fsp3) is 0.455. The van der Waals surface area contributed by atoms with Crippen molar-refractivity contribution in [3.05, 3.63) is 65.5 Å². The zero-order valence-corrected chi connectivity index (χ0v) is 17.4. The Morgan fingerprint density at radius 2 is 1.75 bits per heavy atom. The molecular weight excluding hydrogens is 430 g/mol. The molecule has 0 spiro atoms. The second-order valence-corrected chi connectivity index (χ2v) is 7.97. The Hall–Kier alpha value is -2.18.